The summed E-state index contributed by atoms with van der Waals surface area (Å²) in [6.07, 6.45) is 6.95. The zero-order valence-corrected chi connectivity index (χ0v) is 14.1. The van der Waals surface area contributed by atoms with Crippen molar-refractivity contribution in [2.24, 2.45) is 0 Å². The number of nitrogens with zero attached hydrogens (tertiary/aromatic N) is 1. The Morgan fingerprint density at radius 1 is 1.17 bits per heavy atom. The Morgan fingerprint density at radius 2 is 2.00 bits per heavy atom. The molecule has 0 aliphatic rings. The molecular weight excluding hydrogens is 298 g/mol. The van der Waals surface area contributed by atoms with E-state index >= 15 is 0 Å². The molecule has 24 heavy (non-hydrogen) atoms. The minimum absolute atomic E-state index is 0.0239. The van der Waals surface area contributed by atoms with Gasteiger partial charge in [0.2, 0.25) is 5.91 Å². The minimum Gasteiger partial charge on any atom is -0.361 e. The molecule has 0 unspecified atom stereocenters. The van der Waals surface area contributed by atoms with Gasteiger partial charge in [-0.05, 0) is 41.3 Å². The van der Waals surface area contributed by atoms with Gasteiger partial charge in [-0.3, -0.25) is 9.78 Å². The molecule has 0 bridgehead atoms. The fourth-order valence-corrected chi connectivity index (χ4v) is 2.43. The number of nitrogens with one attached hydrogen (secondary N) is 2. The van der Waals surface area contributed by atoms with Crippen molar-refractivity contribution < 1.29 is 4.79 Å². The number of carbonyl (C=O) groups is 1. The van der Waals surface area contributed by atoms with E-state index in [9.17, 15) is 4.79 Å². The lowest BCUT2D eigenvalue weighted by Gasteiger charge is -2.17. The molecule has 2 N–H and O–H groups in total. The molecule has 1 aromatic carbocycles. The second kappa shape index (κ2) is 6.32. The summed E-state index contributed by atoms with van der Waals surface area (Å²) in [5, 5.41) is 3.98. The van der Waals surface area contributed by atoms with Gasteiger partial charge in [0, 0.05) is 40.8 Å². The van der Waals surface area contributed by atoms with Gasteiger partial charge in [-0.25, -0.2) is 0 Å². The zero-order valence-electron chi connectivity index (χ0n) is 14.1. The van der Waals surface area contributed by atoms with Crippen molar-refractivity contribution in [2.75, 3.05) is 5.32 Å². The van der Waals surface area contributed by atoms with Gasteiger partial charge in [-0.15, -0.1) is 0 Å². The highest BCUT2D eigenvalue weighted by atomic mass is 16.1. The van der Waals surface area contributed by atoms with Crippen LogP contribution >= 0.6 is 0 Å². The molecule has 0 aliphatic carbocycles. The smallest absolute Gasteiger partial charge is 0.248 e. The summed E-state index contributed by atoms with van der Waals surface area (Å²) >= 11 is 0. The van der Waals surface area contributed by atoms with Crippen molar-refractivity contribution in [1.29, 1.82) is 0 Å². The molecule has 0 radical (unpaired) electrons. The molecule has 3 rings (SSSR count). The number of aromatic amines is 1. The average molecular weight is 319 g/mol. The van der Waals surface area contributed by atoms with Crippen LogP contribution in [0.2, 0.25) is 0 Å². The Hall–Kier alpha value is -2.88. The highest BCUT2D eigenvalue weighted by Gasteiger charge is 2.14. The number of fused-ring (bicyclic) bond motifs is 1. The number of carbonyl (C=O) groups excluding carboxylic acids is 1. The third kappa shape index (κ3) is 3.71. The normalized spacial score (nSPS) is 12.0. The highest BCUT2D eigenvalue weighted by Crippen LogP contribution is 2.20. The standard InChI is InChI=1S/C20H21N3O/c1-20(2,3)18-8-4-14(13-22-18)5-9-19(24)23-16-7-6-15-10-11-21-17(15)12-16/h4-13,21H,1-3H3,(H,23,24)/b9-5+. The van der Waals surface area contributed by atoms with Crippen molar-refractivity contribution in [1.82, 2.24) is 9.97 Å². The predicted octanol–water partition coefficient (Wildman–Crippen LogP) is 4.51. The molecular formula is C20H21N3O. The summed E-state index contributed by atoms with van der Waals surface area (Å²) in [5.74, 6) is -0.166. The summed E-state index contributed by atoms with van der Waals surface area (Å²) in [4.78, 5) is 19.6. The van der Waals surface area contributed by atoms with Gasteiger partial charge in [0.05, 0.1) is 0 Å². The second-order valence-electron chi connectivity index (χ2n) is 6.83. The lowest BCUT2D eigenvalue weighted by molar-refractivity contribution is -0.111. The quantitative estimate of drug-likeness (QED) is 0.698. The van der Waals surface area contributed by atoms with E-state index in [4.69, 9.17) is 0 Å². The molecule has 0 aliphatic heterocycles. The van der Waals surface area contributed by atoms with Crippen LogP contribution in [0.3, 0.4) is 0 Å². The van der Waals surface area contributed by atoms with Crippen LogP contribution in [0.1, 0.15) is 32.0 Å². The van der Waals surface area contributed by atoms with Crippen molar-refractivity contribution in [3.05, 3.63) is 66.1 Å². The van der Waals surface area contributed by atoms with E-state index in [1.807, 2.05) is 42.6 Å². The van der Waals surface area contributed by atoms with Crippen LogP contribution in [-0.2, 0) is 10.2 Å². The van der Waals surface area contributed by atoms with E-state index in [1.165, 1.54) is 6.08 Å². The Labute approximate surface area is 141 Å². The number of aromatic nitrogens is 2. The number of hydrogen-bond donors (Lipinski definition) is 2. The van der Waals surface area contributed by atoms with Crippen LogP contribution < -0.4 is 5.32 Å². The fraction of sp³-hybridized carbons (Fsp3) is 0.200. The van der Waals surface area contributed by atoms with Crippen LogP contribution in [0.5, 0.6) is 0 Å². The number of amides is 1. The molecule has 0 atom stereocenters. The molecule has 0 fully saturated rings. The first-order valence-corrected chi connectivity index (χ1v) is 7.94. The summed E-state index contributed by atoms with van der Waals surface area (Å²) in [6.45, 7) is 6.37. The first kappa shape index (κ1) is 16.0. The number of H-pyrrole nitrogens is 1. The van der Waals surface area contributed by atoms with Gasteiger partial charge < -0.3 is 10.3 Å². The van der Waals surface area contributed by atoms with Gasteiger partial charge >= 0.3 is 0 Å². The van der Waals surface area contributed by atoms with Crippen LogP contribution in [0.4, 0.5) is 5.69 Å². The van der Waals surface area contributed by atoms with Crippen molar-refractivity contribution in [3.8, 4) is 0 Å². The van der Waals surface area contributed by atoms with Gasteiger partial charge in [0.25, 0.3) is 0 Å². The maximum absolute atomic E-state index is 12.1. The fourth-order valence-electron chi connectivity index (χ4n) is 2.43. The van der Waals surface area contributed by atoms with E-state index in [2.05, 4.69) is 36.1 Å². The van der Waals surface area contributed by atoms with Gasteiger partial charge in [0.15, 0.2) is 0 Å². The van der Waals surface area contributed by atoms with Crippen LogP contribution in [-0.4, -0.2) is 15.9 Å². The van der Waals surface area contributed by atoms with Gasteiger partial charge in [-0.2, -0.15) is 0 Å². The molecule has 3 aromatic rings. The molecule has 2 heterocycles. The van der Waals surface area contributed by atoms with Crippen LogP contribution in [0, 0.1) is 0 Å². The van der Waals surface area contributed by atoms with Gasteiger partial charge in [0.1, 0.15) is 0 Å². The summed E-state index contributed by atoms with van der Waals surface area (Å²) in [5.41, 5.74) is 3.72. The van der Waals surface area contributed by atoms with E-state index in [1.54, 1.807) is 12.3 Å². The molecule has 1 amide bonds. The summed E-state index contributed by atoms with van der Waals surface area (Å²) < 4.78 is 0. The maximum Gasteiger partial charge on any atom is 0.248 e. The van der Waals surface area contributed by atoms with E-state index in [0.717, 1.165) is 27.8 Å². The topological polar surface area (TPSA) is 57.8 Å². The summed E-state index contributed by atoms with van der Waals surface area (Å²) in [7, 11) is 0. The average Bonchev–Trinajstić information content (AvgIpc) is 3.00. The van der Waals surface area contributed by atoms with Crippen LogP contribution in [0.25, 0.3) is 17.0 Å². The van der Waals surface area contributed by atoms with Crippen molar-refractivity contribution in [2.45, 2.75) is 26.2 Å². The molecule has 4 heteroatoms. The first-order chi connectivity index (χ1) is 11.4. The molecule has 2 aromatic heterocycles. The molecule has 0 saturated carbocycles. The molecule has 122 valence electrons. The third-order valence-electron chi connectivity index (χ3n) is 3.80. The number of anilines is 1. The second-order valence-corrected chi connectivity index (χ2v) is 6.83. The van der Waals surface area contributed by atoms with E-state index in [0.29, 0.717) is 0 Å². The lowest BCUT2D eigenvalue weighted by Crippen LogP contribution is -2.13. The van der Waals surface area contributed by atoms with E-state index in [-0.39, 0.29) is 11.3 Å². The Bertz CT molecular complexity index is 883. The number of hydrogen-bond acceptors (Lipinski definition) is 2. The Kier molecular flexibility index (Phi) is 4.21. The predicted molar refractivity (Wildman–Crippen MR) is 98.9 cm³/mol. The monoisotopic (exact) mass is 319 g/mol. The minimum atomic E-state index is -0.166. The number of benzene rings is 1. The third-order valence-corrected chi connectivity index (χ3v) is 3.80. The molecule has 4 nitrogen and oxygen atoms in total. The largest absolute Gasteiger partial charge is 0.361 e. The van der Waals surface area contributed by atoms with E-state index < -0.39 is 0 Å². The van der Waals surface area contributed by atoms with Gasteiger partial charge in [-0.1, -0.05) is 32.9 Å². The number of rotatable bonds is 3. The Morgan fingerprint density at radius 3 is 2.71 bits per heavy atom. The lowest BCUT2D eigenvalue weighted by atomic mass is 9.91. The summed E-state index contributed by atoms with van der Waals surface area (Å²) in [6, 6.07) is 11.7. The first-order valence-electron chi connectivity index (χ1n) is 7.94. The molecule has 0 saturated heterocycles. The SMILES string of the molecule is CC(C)(C)c1ccc(/C=C/C(=O)Nc2ccc3cc[nH]c3c2)cn1. The number of pyridine rings is 1. The Balaban J connectivity index is 1.66. The molecule has 0 spiro atoms. The van der Waals surface area contributed by atoms with Crippen molar-refractivity contribution >= 4 is 28.6 Å². The van der Waals surface area contributed by atoms with Crippen molar-refractivity contribution in [3.63, 3.8) is 0 Å². The zero-order chi connectivity index (χ0) is 17.2. The maximum atomic E-state index is 12.1. The van der Waals surface area contributed by atoms with Crippen LogP contribution in [0.15, 0.2) is 54.9 Å². The highest BCUT2D eigenvalue weighted by molar-refractivity contribution is 6.02.